The molecule has 1 aliphatic heterocycles. The van der Waals surface area contributed by atoms with Gasteiger partial charge in [-0.2, -0.15) is 0 Å². The molecule has 5 nitrogen and oxygen atoms in total. The summed E-state index contributed by atoms with van der Waals surface area (Å²) in [6.45, 7) is 2.99. The number of nitrogens with one attached hydrogen (secondary N) is 1. The van der Waals surface area contributed by atoms with Crippen LogP contribution in [0.15, 0.2) is 67.3 Å². The number of piperidine rings is 1. The highest BCUT2D eigenvalue weighted by molar-refractivity contribution is 5.91. The minimum Gasteiger partial charge on any atom is -0.371 e. The normalized spacial score (nSPS) is 22.8. The van der Waals surface area contributed by atoms with Crippen LogP contribution in [0.1, 0.15) is 12.0 Å². The van der Waals surface area contributed by atoms with Gasteiger partial charge in [-0.15, -0.1) is 0 Å². The first kappa shape index (κ1) is 17.9. The van der Waals surface area contributed by atoms with Gasteiger partial charge in [0, 0.05) is 61.6 Å². The van der Waals surface area contributed by atoms with Gasteiger partial charge in [-0.25, -0.2) is 0 Å². The van der Waals surface area contributed by atoms with Crippen LogP contribution >= 0.6 is 0 Å². The average molecular weight is 384 g/mol. The number of anilines is 1. The summed E-state index contributed by atoms with van der Waals surface area (Å²) < 4.78 is 0. The van der Waals surface area contributed by atoms with E-state index in [9.17, 15) is 4.79 Å². The quantitative estimate of drug-likeness (QED) is 0.661. The number of hydrogen-bond donors (Lipinski definition) is 1. The van der Waals surface area contributed by atoms with E-state index in [1.807, 2.05) is 24.5 Å². The summed E-state index contributed by atoms with van der Waals surface area (Å²) in [5.74, 6) is 2.24. The molecule has 1 aromatic carbocycles. The molecule has 1 saturated carbocycles. The highest BCUT2D eigenvalue weighted by atomic mass is 16.1. The van der Waals surface area contributed by atoms with Crippen LogP contribution in [-0.2, 0) is 4.79 Å². The minimum atomic E-state index is -0.0361. The van der Waals surface area contributed by atoms with Crippen LogP contribution in [0.25, 0.3) is 16.8 Å². The number of pyridine rings is 2. The van der Waals surface area contributed by atoms with Gasteiger partial charge in [0.2, 0.25) is 5.91 Å². The van der Waals surface area contributed by atoms with E-state index in [-0.39, 0.29) is 5.91 Å². The number of nitrogens with zero attached hydrogens (tertiary/aromatic N) is 3. The lowest BCUT2D eigenvalue weighted by Crippen LogP contribution is -2.26. The Balaban J connectivity index is 1.08. The van der Waals surface area contributed by atoms with Gasteiger partial charge in [0.1, 0.15) is 0 Å². The van der Waals surface area contributed by atoms with Crippen LogP contribution in [0, 0.1) is 17.8 Å². The van der Waals surface area contributed by atoms with Gasteiger partial charge < -0.3 is 10.2 Å². The molecule has 1 amide bonds. The molecule has 0 bridgehead atoms. The van der Waals surface area contributed by atoms with E-state index in [4.69, 9.17) is 0 Å². The zero-order chi connectivity index (χ0) is 19.6. The lowest BCUT2D eigenvalue weighted by molar-refractivity contribution is -0.116. The van der Waals surface area contributed by atoms with Crippen molar-refractivity contribution >= 4 is 28.4 Å². The molecule has 1 saturated heterocycles. The van der Waals surface area contributed by atoms with Crippen LogP contribution < -0.4 is 10.2 Å². The van der Waals surface area contributed by atoms with Crippen LogP contribution in [0.5, 0.6) is 0 Å². The van der Waals surface area contributed by atoms with Crippen LogP contribution in [0.4, 0.5) is 5.69 Å². The second-order valence-corrected chi connectivity index (χ2v) is 8.00. The third kappa shape index (κ3) is 3.86. The summed E-state index contributed by atoms with van der Waals surface area (Å²) in [5, 5.41) is 5.44. The highest BCUT2D eigenvalue weighted by Crippen LogP contribution is 2.54. The van der Waals surface area contributed by atoms with Crippen molar-refractivity contribution in [1.29, 1.82) is 0 Å². The Hall–Kier alpha value is -3.21. The van der Waals surface area contributed by atoms with Crippen molar-refractivity contribution in [2.45, 2.75) is 6.42 Å². The number of carbonyl (C=O) groups is 1. The largest absolute Gasteiger partial charge is 0.371 e. The second kappa shape index (κ2) is 7.66. The fourth-order valence-corrected chi connectivity index (χ4v) is 4.62. The molecule has 2 aliphatic rings. The van der Waals surface area contributed by atoms with E-state index in [0.29, 0.717) is 0 Å². The number of carbonyl (C=O) groups excluding carboxylic acids is 1. The lowest BCUT2D eigenvalue weighted by Gasteiger charge is -2.22. The van der Waals surface area contributed by atoms with Crippen molar-refractivity contribution in [1.82, 2.24) is 15.3 Å². The van der Waals surface area contributed by atoms with Gasteiger partial charge in [0.25, 0.3) is 0 Å². The summed E-state index contributed by atoms with van der Waals surface area (Å²) in [5.41, 5.74) is 2.23. The SMILES string of the molecule is O=C(/C=C/c1cccnc1)NCCC1[C@H]2CN(c3ccc4ccncc4c3)C[C@@H]12. The third-order valence-electron chi connectivity index (χ3n) is 6.25. The zero-order valence-corrected chi connectivity index (χ0v) is 16.2. The minimum absolute atomic E-state index is 0.0361. The van der Waals surface area contributed by atoms with Crippen molar-refractivity contribution in [3.63, 3.8) is 0 Å². The number of rotatable bonds is 6. The third-order valence-corrected chi connectivity index (χ3v) is 6.25. The molecule has 5 heteroatoms. The van der Waals surface area contributed by atoms with Crippen LogP contribution in [0.2, 0.25) is 0 Å². The maximum Gasteiger partial charge on any atom is 0.244 e. The average Bonchev–Trinajstić information content (AvgIpc) is 3.20. The van der Waals surface area contributed by atoms with Gasteiger partial charge in [-0.3, -0.25) is 14.8 Å². The summed E-state index contributed by atoms with van der Waals surface area (Å²) in [6, 6.07) is 12.5. The number of amides is 1. The van der Waals surface area contributed by atoms with Gasteiger partial charge in [-0.1, -0.05) is 12.1 Å². The lowest BCUT2D eigenvalue weighted by atomic mass is 10.1. The molecule has 1 unspecified atom stereocenters. The van der Waals surface area contributed by atoms with E-state index >= 15 is 0 Å². The predicted octanol–water partition coefficient (Wildman–Crippen LogP) is 3.53. The van der Waals surface area contributed by atoms with Crippen molar-refractivity contribution in [3.05, 3.63) is 72.8 Å². The van der Waals surface area contributed by atoms with Crippen molar-refractivity contribution in [2.75, 3.05) is 24.5 Å². The zero-order valence-electron chi connectivity index (χ0n) is 16.2. The summed E-state index contributed by atoms with van der Waals surface area (Å²) in [4.78, 5) is 22.7. The molecular formula is C24H24N4O. The number of hydrogen-bond acceptors (Lipinski definition) is 4. The number of aromatic nitrogens is 2. The van der Waals surface area contributed by atoms with Crippen LogP contribution in [0.3, 0.4) is 0 Å². The van der Waals surface area contributed by atoms with Crippen molar-refractivity contribution < 1.29 is 4.79 Å². The molecule has 2 aromatic heterocycles. The van der Waals surface area contributed by atoms with Crippen LogP contribution in [-0.4, -0.2) is 35.5 Å². The standard InChI is InChI=1S/C24H24N4O/c29-24(6-3-17-2-1-9-25-13-17)27-11-8-21-22-15-28(16-23(21)22)20-5-4-18-7-10-26-14-19(18)12-20/h1-7,9-10,12-14,21-23H,8,11,15-16H2,(H,27,29)/b6-3+/t21?,22-,23+. The Morgan fingerprint density at radius 1 is 1.07 bits per heavy atom. The van der Waals surface area contributed by atoms with E-state index in [2.05, 4.69) is 44.5 Å². The molecule has 1 N–H and O–H groups in total. The van der Waals surface area contributed by atoms with E-state index in [1.165, 1.54) is 16.5 Å². The smallest absolute Gasteiger partial charge is 0.244 e. The number of benzene rings is 1. The van der Waals surface area contributed by atoms with Crippen molar-refractivity contribution in [2.24, 2.45) is 17.8 Å². The van der Waals surface area contributed by atoms with Gasteiger partial charge in [0.05, 0.1) is 0 Å². The van der Waals surface area contributed by atoms with E-state index < -0.39 is 0 Å². The summed E-state index contributed by atoms with van der Waals surface area (Å²) in [7, 11) is 0. The summed E-state index contributed by atoms with van der Waals surface area (Å²) >= 11 is 0. The Morgan fingerprint density at radius 3 is 2.76 bits per heavy atom. The first-order valence-corrected chi connectivity index (χ1v) is 10.2. The van der Waals surface area contributed by atoms with Gasteiger partial charge >= 0.3 is 0 Å². The Kier molecular flexibility index (Phi) is 4.72. The molecule has 0 spiro atoms. The molecule has 29 heavy (non-hydrogen) atoms. The fourth-order valence-electron chi connectivity index (χ4n) is 4.62. The molecule has 2 fully saturated rings. The molecule has 5 rings (SSSR count). The Morgan fingerprint density at radius 2 is 1.93 bits per heavy atom. The monoisotopic (exact) mass is 384 g/mol. The fraction of sp³-hybridized carbons (Fsp3) is 0.292. The molecular weight excluding hydrogens is 360 g/mol. The Labute approximate surface area is 170 Å². The molecule has 1 aliphatic carbocycles. The maximum atomic E-state index is 12.0. The predicted molar refractivity (Wildman–Crippen MR) is 115 cm³/mol. The highest BCUT2D eigenvalue weighted by Gasteiger charge is 2.54. The molecule has 3 atom stereocenters. The van der Waals surface area contributed by atoms with Gasteiger partial charge in [-0.05, 0) is 65.5 Å². The first-order chi connectivity index (χ1) is 14.3. The second-order valence-electron chi connectivity index (χ2n) is 8.00. The van der Waals surface area contributed by atoms with Crippen molar-refractivity contribution in [3.8, 4) is 0 Å². The van der Waals surface area contributed by atoms with E-state index in [0.717, 1.165) is 49.4 Å². The van der Waals surface area contributed by atoms with Gasteiger partial charge in [0.15, 0.2) is 0 Å². The Bertz CT molecular complexity index is 1040. The topological polar surface area (TPSA) is 58.1 Å². The summed E-state index contributed by atoms with van der Waals surface area (Å²) in [6.07, 6.45) is 11.7. The molecule has 146 valence electrons. The number of fused-ring (bicyclic) bond motifs is 2. The molecule has 3 heterocycles. The maximum absolute atomic E-state index is 12.0. The van der Waals surface area contributed by atoms with E-state index in [1.54, 1.807) is 24.5 Å². The first-order valence-electron chi connectivity index (χ1n) is 10.2. The molecule has 3 aromatic rings. The molecule has 0 radical (unpaired) electrons.